The first-order valence-electron chi connectivity index (χ1n) is 5.38. The topological polar surface area (TPSA) is 77.8 Å². The lowest BCUT2D eigenvalue weighted by Gasteiger charge is -2.16. The van der Waals surface area contributed by atoms with Crippen molar-refractivity contribution in [2.45, 2.75) is 25.0 Å². The van der Waals surface area contributed by atoms with Crippen LogP contribution in [-0.4, -0.2) is 32.7 Å². The van der Waals surface area contributed by atoms with Crippen molar-refractivity contribution in [1.82, 2.24) is 0 Å². The van der Waals surface area contributed by atoms with E-state index in [9.17, 15) is 19.4 Å². The van der Waals surface area contributed by atoms with Crippen LogP contribution in [0.15, 0.2) is 18.2 Å². The molecule has 1 aromatic carbocycles. The number of carboxylic acid groups (broad SMARTS) is 1. The van der Waals surface area contributed by atoms with E-state index in [1.54, 1.807) is 0 Å². The molecule has 2 atom stereocenters. The number of halogens is 2. The molecule has 0 saturated heterocycles. The normalized spacial score (nSPS) is 14.2. The average Bonchev–Trinajstić information content (AvgIpc) is 2.35. The van der Waals surface area contributed by atoms with Gasteiger partial charge in [-0.3, -0.25) is 4.79 Å². The van der Waals surface area contributed by atoms with Crippen molar-refractivity contribution < 1.29 is 24.5 Å². The van der Waals surface area contributed by atoms with Gasteiger partial charge in [0.2, 0.25) is 0 Å². The molecule has 0 saturated carbocycles. The number of hydrogen-bond acceptors (Lipinski definition) is 3. The summed E-state index contributed by atoms with van der Waals surface area (Å²) in [6, 6.07) is 4.03. The molecule has 0 aliphatic carbocycles. The fourth-order valence-electron chi connectivity index (χ4n) is 1.50. The van der Waals surface area contributed by atoms with Crippen molar-refractivity contribution in [3.63, 3.8) is 0 Å². The highest BCUT2D eigenvalue weighted by Crippen LogP contribution is 2.21. The Kier molecular flexibility index (Phi) is 5.71. The smallest absolute Gasteiger partial charge is 0.303 e. The minimum atomic E-state index is -1.17. The third-order valence-electron chi connectivity index (χ3n) is 2.55. The number of aryl methyl sites for hydroxylation is 1. The van der Waals surface area contributed by atoms with Crippen LogP contribution in [0.2, 0.25) is 0 Å². The standard InChI is InChI=1S/C12H14BrFO4/c13-6-10(15)12(18)8-2-1-7(9(14)5-8)3-4-11(16)17/h1-2,5,10,12,15,18H,3-4,6H2,(H,16,17). The number of benzene rings is 1. The Morgan fingerprint density at radius 1 is 1.39 bits per heavy atom. The predicted octanol–water partition coefficient (Wildman–Crippen LogP) is 1.63. The quantitative estimate of drug-likeness (QED) is 0.696. The molecule has 0 aliphatic heterocycles. The number of carboxylic acids is 1. The summed E-state index contributed by atoms with van der Waals surface area (Å²) in [5.41, 5.74) is 0.542. The Morgan fingerprint density at radius 3 is 2.56 bits per heavy atom. The lowest BCUT2D eigenvalue weighted by molar-refractivity contribution is -0.136. The largest absolute Gasteiger partial charge is 0.481 e. The Hall–Kier alpha value is -0.980. The molecule has 1 aromatic rings. The number of aliphatic hydroxyl groups is 2. The summed E-state index contributed by atoms with van der Waals surface area (Å²) >= 11 is 3.02. The predicted molar refractivity (Wildman–Crippen MR) is 67.1 cm³/mol. The van der Waals surface area contributed by atoms with Gasteiger partial charge in [-0.1, -0.05) is 28.1 Å². The Morgan fingerprint density at radius 2 is 2.06 bits per heavy atom. The van der Waals surface area contributed by atoms with Gasteiger partial charge in [0.25, 0.3) is 0 Å². The Balaban J connectivity index is 2.81. The van der Waals surface area contributed by atoms with Crippen molar-refractivity contribution in [2.75, 3.05) is 5.33 Å². The van der Waals surface area contributed by atoms with Gasteiger partial charge in [-0.2, -0.15) is 0 Å². The van der Waals surface area contributed by atoms with Crippen molar-refractivity contribution in [1.29, 1.82) is 0 Å². The maximum Gasteiger partial charge on any atom is 0.303 e. The van der Waals surface area contributed by atoms with Gasteiger partial charge in [0.15, 0.2) is 0 Å². The summed E-state index contributed by atoms with van der Waals surface area (Å²) in [4.78, 5) is 10.4. The average molecular weight is 321 g/mol. The third-order valence-corrected chi connectivity index (χ3v) is 3.21. The van der Waals surface area contributed by atoms with Gasteiger partial charge in [0, 0.05) is 11.8 Å². The van der Waals surface area contributed by atoms with Crippen molar-refractivity contribution in [3.05, 3.63) is 35.1 Å². The maximum atomic E-state index is 13.6. The fourth-order valence-corrected chi connectivity index (χ4v) is 1.85. The molecule has 1 rings (SSSR count). The first-order valence-corrected chi connectivity index (χ1v) is 6.50. The van der Waals surface area contributed by atoms with Crippen LogP contribution in [0.25, 0.3) is 0 Å². The number of aliphatic carboxylic acids is 1. The molecule has 0 amide bonds. The Labute approximate surface area is 112 Å². The first-order chi connectivity index (χ1) is 8.45. The van der Waals surface area contributed by atoms with Gasteiger partial charge in [-0.05, 0) is 23.6 Å². The third kappa shape index (κ3) is 4.04. The van der Waals surface area contributed by atoms with Crippen LogP contribution in [0.4, 0.5) is 4.39 Å². The van der Waals surface area contributed by atoms with Crippen molar-refractivity contribution >= 4 is 21.9 Å². The monoisotopic (exact) mass is 320 g/mol. The molecule has 2 unspecified atom stereocenters. The van der Waals surface area contributed by atoms with Gasteiger partial charge in [-0.15, -0.1) is 0 Å². The zero-order valence-electron chi connectivity index (χ0n) is 9.51. The van der Waals surface area contributed by atoms with Crippen molar-refractivity contribution in [2.24, 2.45) is 0 Å². The second-order valence-corrected chi connectivity index (χ2v) is 4.56. The molecular weight excluding hydrogens is 307 g/mol. The van der Waals surface area contributed by atoms with Crippen LogP contribution < -0.4 is 0 Å². The molecule has 0 spiro atoms. The summed E-state index contributed by atoms with van der Waals surface area (Å²) in [5, 5.41) is 27.8. The van der Waals surface area contributed by atoms with Crippen LogP contribution in [0, 0.1) is 5.82 Å². The van der Waals surface area contributed by atoms with E-state index in [4.69, 9.17) is 5.11 Å². The second kappa shape index (κ2) is 6.82. The van der Waals surface area contributed by atoms with Crippen LogP contribution in [-0.2, 0) is 11.2 Å². The molecule has 100 valence electrons. The van der Waals surface area contributed by atoms with E-state index >= 15 is 0 Å². The lowest BCUT2D eigenvalue weighted by Crippen LogP contribution is -2.19. The number of alkyl halides is 1. The number of hydrogen-bond donors (Lipinski definition) is 3. The van der Waals surface area contributed by atoms with E-state index in [0.29, 0.717) is 0 Å². The van der Waals surface area contributed by atoms with E-state index in [2.05, 4.69) is 15.9 Å². The van der Waals surface area contributed by atoms with Crippen LogP contribution >= 0.6 is 15.9 Å². The molecule has 0 fully saturated rings. The highest BCUT2D eigenvalue weighted by Gasteiger charge is 2.18. The molecule has 3 N–H and O–H groups in total. The Bertz CT molecular complexity index is 425. The molecule has 4 nitrogen and oxygen atoms in total. The molecule has 0 radical (unpaired) electrons. The van der Waals surface area contributed by atoms with E-state index in [1.807, 2.05) is 0 Å². The highest BCUT2D eigenvalue weighted by atomic mass is 79.9. The lowest BCUT2D eigenvalue weighted by atomic mass is 10.0. The number of rotatable bonds is 6. The number of aliphatic hydroxyl groups excluding tert-OH is 2. The molecule has 6 heteroatoms. The van der Waals surface area contributed by atoms with Gasteiger partial charge in [0.1, 0.15) is 11.9 Å². The van der Waals surface area contributed by atoms with E-state index in [-0.39, 0.29) is 29.3 Å². The summed E-state index contributed by atoms with van der Waals surface area (Å²) in [6.07, 6.45) is -2.25. The maximum absolute atomic E-state index is 13.6. The molecule has 0 heterocycles. The van der Waals surface area contributed by atoms with Crippen LogP contribution in [0.1, 0.15) is 23.7 Å². The van der Waals surface area contributed by atoms with Crippen molar-refractivity contribution in [3.8, 4) is 0 Å². The molecular formula is C12H14BrFO4. The first kappa shape index (κ1) is 15.1. The number of carbonyl (C=O) groups is 1. The summed E-state index contributed by atoms with van der Waals surface area (Å²) in [6.45, 7) is 0. The molecule has 0 bridgehead atoms. The summed E-state index contributed by atoms with van der Waals surface area (Å²) in [5.74, 6) is -1.57. The zero-order chi connectivity index (χ0) is 13.7. The summed E-state index contributed by atoms with van der Waals surface area (Å²) in [7, 11) is 0. The van der Waals surface area contributed by atoms with Crippen LogP contribution in [0.3, 0.4) is 0 Å². The SMILES string of the molecule is O=C(O)CCc1ccc(C(O)C(O)CBr)cc1F. The van der Waals surface area contributed by atoms with E-state index in [0.717, 1.165) is 6.07 Å². The zero-order valence-corrected chi connectivity index (χ0v) is 11.1. The van der Waals surface area contributed by atoms with Gasteiger partial charge >= 0.3 is 5.97 Å². The van der Waals surface area contributed by atoms with E-state index in [1.165, 1.54) is 12.1 Å². The van der Waals surface area contributed by atoms with Gasteiger partial charge in [0.05, 0.1) is 6.10 Å². The highest BCUT2D eigenvalue weighted by molar-refractivity contribution is 9.09. The van der Waals surface area contributed by atoms with Crippen LogP contribution in [0.5, 0.6) is 0 Å². The van der Waals surface area contributed by atoms with Gasteiger partial charge in [-0.25, -0.2) is 4.39 Å². The second-order valence-electron chi connectivity index (χ2n) is 3.91. The van der Waals surface area contributed by atoms with E-state index < -0.39 is 24.0 Å². The fraction of sp³-hybridized carbons (Fsp3) is 0.417. The van der Waals surface area contributed by atoms with Gasteiger partial charge < -0.3 is 15.3 Å². The molecule has 0 aliphatic rings. The minimum absolute atomic E-state index is 0.0958. The molecule has 0 aromatic heterocycles. The summed E-state index contributed by atoms with van der Waals surface area (Å²) < 4.78 is 13.6. The molecule has 18 heavy (non-hydrogen) atoms. The minimum Gasteiger partial charge on any atom is -0.481 e.